The van der Waals surface area contributed by atoms with E-state index in [9.17, 15) is 19.8 Å². The van der Waals surface area contributed by atoms with Crippen molar-refractivity contribution in [3.05, 3.63) is 30.1 Å². The second kappa shape index (κ2) is 11.2. The molecule has 0 spiro atoms. The smallest absolute Gasteiger partial charge is 0.305 e. The van der Waals surface area contributed by atoms with E-state index in [1.807, 2.05) is 0 Å². The molecular formula is C21H32NO6+. The molecule has 0 aliphatic carbocycles. The summed E-state index contributed by atoms with van der Waals surface area (Å²) in [6, 6.07) is 3.34. The van der Waals surface area contributed by atoms with Crippen LogP contribution < -0.4 is 4.57 Å². The standard InChI is InChI=1S/C21H32NO6/c1-3-4-5-6-7-8-11-18(24)27-14-17-19(25)20(26)21(28-17)22-12-9-10-16(13-22)15(2)23/h9-10,12-13,17,19-21,25-26H,3-8,11,14H2,1-2H3/q+1/t17-,19-,20-,21-/m1/s1. The van der Waals surface area contributed by atoms with Crippen LogP contribution in [0, 0.1) is 0 Å². The molecule has 156 valence electrons. The summed E-state index contributed by atoms with van der Waals surface area (Å²) in [5, 5.41) is 20.5. The average molecular weight is 394 g/mol. The van der Waals surface area contributed by atoms with Crippen LogP contribution in [0.25, 0.3) is 0 Å². The Morgan fingerprint density at radius 1 is 1.14 bits per heavy atom. The fourth-order valence-electron chi connectivity index (χ4n) is 3.27. The van der Waals surface area contributed by atoms with Crippen molar-refractivity contribution in [3.8, 4) is 0 Å². The van der Waals surface area contributed by atoms with E-state index in [0.29, 0.717) is 12.0 Å². The van der Waals surface area contributed by atoms with Crippen LogP contribution in [0.2, 0.25) is 0 Å². The number of aliphatic hydroxyl groups is 2. The maximum absolute atomic E-state index is 11.9. The minimum Gasteiger partial charge on any atom is -0.463 e. The third-order valence-corrected chi connectivity index (χ3v) is 5.00. The maximum Gasteiger partial charge on any atom is 0.305 e. The van der Waals surface area contributed by atoms with Crippen LogP contribution >= 0.6 is 0 Å². The summed E-state index contributed by atoms with van der Waals surface area (Å²) >= 11 is 0. The Hall–Kier alpha value is -1.83. The number of pyridine rings is 1. The molecule has 2 N–H and O–H groups in total. The van der Waals surface area contributed by atoms with Gasteiger partial charge >= 0.3 is 5.97 Å². The second-order valence-corrected chi connectivity index (χ2v) is 7.34. The minimum atomic E-state index is -1.19. The van der Waals surface area contributed by atoms with Crippen molar-refractivity contribution in [1.29, 1.82) is 0 Å². The molecule has 0 saturated carbocycles. The minimum absolute atomic E-state index is 0.109. The number of aromatic nitrogens is 1. The summed E-state index contributed by atoms with van der Waals surface area (Å²) < 4.78 is 12.5. The summed E-state index contributed by atoms with van der Waals surface area (Å²) in [6.07, 6.45) is 6.04. The van der Waals surface area contributed by atoms with Crippen LogP contribution in [0.1, 0.15) is 75.4 Å². The van der Waals surface area contributed by atoms with E-state index < -0.39 is 24.5 Å². The number of Topliss-reactive ketones (excluding diaryl/α,β-unsaturated/α-hetero) is 1. The molecule has 28 heavy (non-hydrogen) atoms. The number of ketones is 1. The molecule has 4 atom stereocenters. The molecule has 0 aromatic carbocycles. The summed E-state index contributed by atoms with van der Waals surface area (Å²) in [5.41, 5.74) is 0.474. The Labute approximate surface area is 166 Å². The first-order chi connectivity index (χ1) is 13.4. The summed E-state index contributed by atoms with van der Waals surface area (Å²) in [7, 11) is 0. The maximum atomic E-state index is 11.9. The van der Waals surface area contributed by atoms with E-state index in [-0.39, 0.29) is 18.4 Å². The van der Waals surface area contributed by atoms with Gasteiger partial charge in [-0.15, -0.1) is 0 Å². The van der Waals surface area contributed by atoms with Gasteiger partial charge in [-0.1, -0.05) is 39.0 Å². The fourth-order valence-corrected chi connectivity index (χ4v) is 3.27. The van der Waals surface area contributed by atoms with Crippen LogP contribution in [0.15, 0.2) is 24.5 Å². The number of rotatable bonds is 11. The lowest BCUT2D eigenvalue weighted by atomic mass is 10.1. The third-order valence-electron chi connectivity index (χ3n) is 5.00. The van der Waals surface area contributed by atoms with Gasteiger partial charge in [-0.3, -0.25) is 9.59 Å². The van der Waals surface area contributed by atoms with Crippen LogP contribution in [-0.2, 0) is 14.3 Å². The highest BCUT2D eigenvalue weighted by Gasteiger charge is 2.48. The molecule has 7 nitrogen and oxygen atoms in total. The molecule has 0 amide bonds. The van der Waals surface area contributed by atoms with E-state index in [1.165, 1.54) is 26.2 Å². The molecule has 1 aromatic heterocycles. The van der Waals surface area contributed by atoms with Crippen molar-refractivity contribution in [3.63, 3.8) is 0 Å². The van der Waals surface area contributed by atoms with Gasteiger partial charge in [0, 0.05) is 12.5 Å². The molecule has 1 aromatic rings. The van der Waals surface area contributed by atoms with Crippen molar-refractivity contribution in [2.45, 2.75) is 83.3 Å². The van der Waals surface area contributed by atoms with Crippen molar-refractivity contribution >= 4 is 11.8 Å². The lowest BCUT2D eigenvalue weighted by Gasteiger charge is -2.13. The van der Waals surface area contributed by atoms with Crippen LogP contribution in [0.3, 0.4) is 0 Å². The predicted molar refractivity (Wildman–Crippen MR) is 102 cm³/mol. The zero-order chi connectivity index (χ0) is 20.5. The van der Waals surface area contributed by atoms with E-state index in [2.05, 4.69) is 6.92 Å². The molecule has 1 saturated heterocycles. The molecule has 0 unspecified atom stereocenters. The SMILES string of the molecule is CCCCCCCCC(=O)OC[C@H]1O[C@@H]([n+]2cccc(C(C)=O)c2)[C@H](O)[C@@H]1O. The van der Waals surface area contributed by atoms with E-state index in [4.69, 9.17) is 9.47 Å². The van der Waals surface area contributed by atoms with Gasteiger partial charge in [0.05, 0.1) is 5.56 Å². The topological polar surface area (TPSA) is 96.9 Å². The molecular weight excluding hydrogens is 362 g/mol. The molecule has 0 radical (unpaired) electrons. The van der Waals surface area contributed by atoms with E-state index >= 15 is 0 Å². The number of hydrogen-bond acceptors (Lipinski definition) is 6. The summed E-state index contributed by atoms with van der Waals surface area (Å²) in [5.74, 6) is -0.432. The molecule has 1 aliphatic rings. The quantitative estimate of drug-likeness (QED) is 0.258. The average Bonchev–Trinajstić information content (AvgIpc) is 2.97. The van der Waals surface area contributed by atoms with Crippen molar-refractivity contribution in [2.75, 3.05) is 6.61 Å². The van der Waals surface area contributed by atoms with Crippen LogP contribution in [0.4, 0.5) is 0 Å². The van der Waals surface area contributed by atoms with Crippen molar-refractivity contribution in [1.82, 2.24) is 0 Å². The second-order valence-electron chi connectivity index (χ2n) is 7.34. The number of unbranched alkanes of at least 4 members (excludes halogenated alkanes) is 5. The van der Waals surface area contributed by atoms with Gasteiger partial charge in [0.1, 0.15) is 18.8 Å². The monoisotopic (exact) mass is 394 g/mol. The third kappa shape index (κ3) is 6.36. The zero-order valence-corrected chi connectivity index (χ0v) is 16.8. The van der Waals surface area contributed by atoms with Gasteiger partial charge in [-0.05, 0) is 19.4 Å². The number of carbonyl (C=O) groups excluding carboxylic acids is 2. The molecule has 7 heteroatoms. The Balaban J connectivity index is 1.80. The largest absolute Gasteiger partial charge is 0.463 e. The lowest BCUT2D eigenvalue weighted by molar-refractivity contribution is -0.765. The van der Waals surface area contributed by atoms with Gasteiger partial charge in [-0.2, -0.15) is 4.57 Å². The number of hydrogen-bond donors (Lipinski definition) is 2. The molecule has 2 heterocycles. The molecule has 0 bridgehead atoms. The van der Waals surface area contributed by atoms with Gasteiger partial charge in [0.15, 0.2) is 24.3 Å². The lowest BCUT2D eigenvalue weighted by Crippen LogP contribution is -2.46. The van der Waals surface area contributed by atoms with Crippen molar-refractivity contribution < 1.29 is 33.8 Å². The Morgan fingerprint density at radius 2 is 1.86 bits per heavy atom. The first-order valence-electron chi connectivity index (χ1n) is 10.1. The summed E-state index contributed by atoms with van der Waals surface area (Å²) in [4.78, 5) is 23.4. The van der Waals surface area contributed by atoms with E-state index in [1.54, 1.807) is 29.1 Å². The fraction of sp³-hybridized carbons (Fsp3) is 0.667. The van der Waals surface area contributed by atoms with E-state index in [0.717, 1.165) is 19.3 Å². The number of carbonyl (C=O) groups is 2. The summed E-state index contributed by atoms with van der Waals surface area (Å²) in [6.45, 7) is 3.50. The highest BCUT2D eigenvalue weighted by Crippen LogP contribution is 2.26. The van der Waals surface area contributed by atoms with Gasteiger partial charge < -0.3 is 19.7 Å². The van der Waals surface area contributed by atoms with Gasteiger partial charge in [-0.25, -0.2) is 0 Å². The number of ether oxygens (including phenoxy) is 2. The zero-order valence-electron chi connectivity index (χ0n) is 16.8. The molecule has 2 rings (SSSR count). The molecule has 1 fully saturated rings. The Kier molecular flexibility index (Phi) is 9.02. The predicted octanol–water partition coefficient (Wildman–Crippen LogP) is 2.09. The van der Waals surface area contributed by atoms with Gasteiger partial charge in [0.2, 0.25) is 0 Å². The number of aliphatic hydroxyl groups excluding tert-OH is 2. The Bertz CT molecular complexity index is 650. The number of nitrogens with zero attached hydrogens (tertiary/aromatic N) is 1. The number of esters is 1. The van der Waals surface area contributed by atoms with Gasteiger partial charge in [0.25, 0.3) is 6.23 Å². The highest BCUT2D eigenvalue weighted by atomic mass is 16.6. The normalized spacial score (nSPS) is 24.3. The first-order valence-corrected chi connectivity index (χ1v) is 10.1. The molecule has 1 aliphatic heterocycles. The first kappa shape index (κ1) is 22.5. The van der Waals surface area contributed by atoms with Crippen LogP contribution in [0.5, 0.6) is 0 Å². The highest BCUT2D eigenvalue weighted by molar-refractivity contribution is 5.93. The van der Waals surface area contributed by atoms with Crippen molar-refractivity contribution in [2.24, 2.45) is 0 Å². The van der Waals surface area contributed by atoms with Crippen LogP contribution in [-0.4, -0.2) is 46.9 Å². The Morgan fingerprint density at radius 3 is 2.57 bits per heavy atom.